The number of rotatable bonds is 4. The first-order valence-electron chi connectivity index (χ1n) is 8.75. The van der Waals surface area contributed by atoms with E-state index in [0.717, 1.165) is 0 Å². The van der Waals surface area contributed by atoms with Crippen molar-refractivity contribution in [1.82, 2.24) is 14.7 Å². The molecule has 25 heavy (non-hydrogen) atoms. The second kappa shape index (κ2) is 7.84. The zero-order chi connectivity index (χ0) is 18.7. The molecule has 0 saturated carbocycles. The Morgan fingerprint density at radius 3 is 2.08 bits per heavy atom. The minimum absolute atomic E-state index is 0.00724. The normalized spacial score (nSPS) is 22.4. The van der Waals surface area contributed by atoms with E-state index in [1.807, 2.05) is 13.8 Å². The van der Waals surface area contributed by atoms with Crippen molar-refractivity contribution in [2.24, 2.45) is 5.92 Å². The lowest BCUT2D eigenvalue weighted by Gasteiger charge is -2.35. The van der Waals surface area contributed by atoms with Crippen molar-refractivity contribution in [2.45, 2.75) is 46.3 Å². The summed E-state index contributed by atoms with van der Waals surface area (Å²) in [7, 11) is 0. The molecule has 0 aromatic rings. The fraction of sp³-hybridized carbons (Fsp3) is 0.765. The third kappa shape index (κ3) is 4.49. The molecule has 0 spiro atoms. The Balaban J connectivity index is 1.84. The van der Waals surface area contributed by atoms with Gasteiger partial charge in [-0.3, -0.25) is 19.2 Å². The van der Waals surface area contributed by atoms with E-state index in [1.165, 1.54) is 6.92 Å². The standard InChI is InChI=1S/C17H27N3O5/c1-11(2)20-10-14(9-15(20)22)17(24)25-12(3)16(23)19-7-5-18(6-8-19)13(4)21/h11-12,14H,5-10H2,1-4H3. The van der Waals surface area contributed by atoms with Crippen molar-refractivity contribution in [1.29, 1.82) is 0 Å². The first-order valence-corrected chi connectivity index (χ1v) is 8.75. The number of piperazine rings is 1. The highest BCUT2D eigenvalue weighted by atomic mass is 16.5. The van der Waals surface area contributed by atoms with Crippen molar-refractivity contribution in [2.75, 3.05) is 32.7 Å². The number of likely N-dealkylation sites (tertiary alicyclic amines) is 1. The van der Waals surface area contributed by atoms with Crippen LogP contribution in [0, 0.1) is 5.92 Å². The molecule has 3 amide bonds. The summed E-state index contributed by atoms with van der Waals surface area (Å²) in [6.45, 7) is 9.04. The van der Waals surface area contributed by atoms with Crippen molar-refractivity contribution < 1.29 is 23.9 Å². The number of hydrogen-bond donors (Lipinski definition) is 0. The molecule has 8 heteroatoms. The van der Waals surface area contributed by atoms with Gasteiger partial charge in [-0.05, 0) is 20.8 Å². The fourth-order valence-corrected chi connectivity index (χ4v) is 3.21. The molecule has 0 radical (unpaired) electrons. The quantitative estimate of drug-likeness (QED) is 0.657. The van der Waals surface area contributed by atoms with Gasteiger partial charge in [-0.2, -0.15) is 0 Å². The van der Waals surface area contributed by atoms with Gasteiger partial charge < -0.3 is 19.4 Å². The van der Waals surface area contributed by atoms with Crippen molar-refractivity contribution in [3.8, 4) is 0 Å². The summed E-state index contributed by atoms with van der Waals surface area (Å²) >= 11 is 0. The molecular formula is C17H27N3O5. The van der Waals surface area contributed by atoms with Gasteiger partial charge in [0.2, 0.25) is 11.8 Å². The van der Waals surface area contributed by atoms with Crippen LogP contribution in [0.5, 0.6) is 0 Å². The van der Waals surface area contributed by atoms with Gasteiger partial charge in [-0.15, -0.1) is 0 Å². The molecule has 2 unspecified atom stereocenters. The molecular weight excluding hydrogens is 326 g/mol. The maximum atomic E-state index is 12.4. The minimum Gasteiger partial charge on any atom is -0.452 e. The zero-order valence-electron chi connectivity index (χ0n) is 15.4. The molecule has 2 aliphatic heterocycles. The van der Waals surface area contributed by atoms with Crippen molar-refractivity contribution in [3.63, 3.8) is 0 Å². The third-order valence-electron chi connectivity index (χ3n) is 4.79. The third-order valence-corrected chi connectivity index (χ3v) is 4.79. The lowest BCUT2D eigenvalue weighted by molar-refractivity contribution is -0.163. The largest absolute Gasteiger partial charge is 0.452 e. The molecule has 0 aliphatic carbocycles. The summed E-state index contributed by atoms with van der Waals surface area (Å²) in [5.74, 6) is -1.34. The molecule has 2 rings (SSSR count). The lowest BCUT2D eigenvalue weighted by atomic mass is 10.1. The second-order valence-electron chi connectivity index (χ2n) is 6.95. The number of amides is 3. The predicted molar refractivity (Wildman–Crippen MR) is 89.3 cm³/mol. The SMILES string of the molecule is CC(=O)N1CCN(C(=O)C(C)OC(=O)C2CC(=O)N(C(C)C)C2)CC1. The van der Waals surface area contributed by atoms with Gasteiger partial charge in [-0.1, -0.05) is 0 Å². The molecule has 2 aliphatic rings. The Hall–Kier alpha value is -2.12. The molecule has 0 N–H and O–H groups in total. The highest BCUT2D eigenvalue weighted by molar-refractivity contribution is 5.89. The van der Waals surface area contributed by atoms with Crippen LogP contribution in [-0.2, 0) is 23.9 Å². The molecule has 2 atom stereocenters. The Morgan fingerprint density at radius 1 is 1.04 bits per heavy atom. The van der Waals surface area contributed by atoms with Crippen LogP contribution in [0.15, 0.2) is 0 Å². The summed E-state index contributed by atoms with van der Waals surface area (Å²) < 4.78 is 5.31. The molecule has 140 valence electrons. The van der Waals surface area contributed by atoms with Crippen molar-refractivity contribution >= 4 is 23.7 Å². The molecule has 0 aromatic heterocycles. The van der Waals surface area contributed by atoms with Crippen LogP contribution >= 0.6 is 0 Å². The Labute approximate surface area is 148 Å². The van der Waals surface area contributed by atoms with Crippen LogP contribution < -0.4 is 0 Å². The summed E-state index contributed by atoms with van der Waals surface area (Å²) in [4.78, 5) is 52.9. The van der Waals surface area contributed by atoms with Crippen LogP contribution in [0.2, 0.25) is 0 Å². The highest BCUT2D eigenvalue weighted by Crippen LogP contribution is 2.22. The number of carbonyl (C=O) groups is 4. The highest BCUT2D eigenvalue weighted by Gasteiger charge is 2.38. The van der Waals surface area contributed by atoms with E-state index in [0.29, 0.717) is 32.7 Å². The molecule has 0 bridgehead atoms. The number of hydrogen-bond acceptors (Lipinski definition) is 5. The number of ether oxygens (including phenoxy) is 1. The first kappa shape index (κ1) is 19.2. The summed E-state index contributed by atoms with van der Waals surface area (Å²) in [5, 5.41) is 0. The number of carbonyl (C=O) groups excluding carboxylic acids is 4. The van der Waals surface area contributed by atoms with Gasteiger partial charge in [-0.25, -0.2) is 0 Å². The van der Waals surface area contributed by atoms with Gasteiger partial charge >= 0.3 is 5.97 Å². The van der Waals surface area contributed by atoms with E-state index >= 15 is 0 Å². The van der Waals surface area contributed by atoms with Crippen molar-refractivity contribution in [3.05, 3.63) is 0 Å². The van der Waals surface area contributed by atoms with E-state index in [-0.39, 0.29) is 30.2 Å². The summed E-state index contributed by atoms with van der Waals surface area (Å²) in [5.41, 5.74) is 0. The van der Waals surface area contributed by atoms with E-state index in [4.69, 9.17) is 4.74 Å². The minimum atomic E-state index is -0.889. The Kier molecular flexibility index (Phi) is 6.02. The van der Waals surface area contributed by atoms with Gasteiger partial charge in [0.1, 0.15) is 0 Å². The molecule has 2 fully saturated rings. The maximum absolute atomic E-state index is 12.4. The molecule has 2 heterocycles. The van der Waals surface area contributed by atoms with Gasteiger partial charge in [0, 0.05) is 52.1 Å². The van der Waals surface area contributed by atoms with Crippen LogP contribution in [0.4, 0.5) is 0 Å². The maximum Gasteiger partial charge on any atom is 0.312 e. The van der Waals surface area contributed by atoms with E-state index in [1.54, 1.807) is 21.6 Å². The van der Waals surface area contributed by atoms with Gasteiger partial charge in [0.15, 0.2) is 6.10 Å². The lowest BCUT2D eigenvalue weighted by Crippen LogP contribution is -2.52. The molecule has 0 aromatic carbocycles. The summed E-state index contributed by atoms with van der Waals surface area (Å²) in [6.07, 6.45) is -0.755. The monoisotopic (exact) mass is 353 g/mol. The predicted octanol–water partition coefficient (Wildman–Crippen LogP) is -0.134. The van der Waals surface area contributed by atoms with Crippen LogP contribution in [-0.4, -0.2) is 83.3 Å². The van der Waals surface area contributed by atoms with Crippen LogP contribution in [0.1, 0.15) is 34.1 Å². The topological polar surface area (TPSA) is 87.2 Å². The van der Waals surface area contributed by atoms with Gasteiger partial charge in [0.05, 0.1) is 5.92 Å². The van der Waals surface area contributed by atoms with E-state index in [9.17, 15) is 19.2 Å². The number of nitrogens with zero attached hydrogens (tertiary/aromatic N) is 3. The first-order chi connectivity index (χ1) is 11.7. The van der Waals surface area contributed by atoms with E-state index in [2.05, 4.69) is 0 Å². The fourth-order valence-electron chi connectivity index (χ4n) is 3.21. The second-order valence-corrected chi connectivity index (χ2v) is 6.95. The van der Waals surface area contributed by atoms with Crippen LogP contribution in [0.25, 0.3) is 0 Å². The van der Waals surface area contributed by atoms with Gasteiger partial charge in [0.25, 0.3) is 5.91 Å². The Bertz CT molecular complexity index is 554. The zero-order valence-corrected chi connectivity index (χ0v) is 15.4. The van der Waals surface area contributed by atoms with Crippen LogP contribution in [0.3, 0.4) is 0 Å². The summed E-state index contributed by atoms with van der Waals surface area (Å²) in [6, 6.07) is 0.0435. The smallest absolute Gasteiger partial charge is 0.312 e. The average molecular weight is 353 g/mol. The average Bonchev–Trinajstić information content (AvgIpc) is 2.96. The number of esters is 1. The van der Waals surface area contributed by atoms with E-state index < -0.39 is 18.0 Å². The Morgan fingerprint density at radius 2 is 1.60 bits per heavy atom. The molecule has 8 nitrogen and oxygen atoms in total. The molecule has 2 saturated heterocycles.